The minimum atomic E-state index is 0.296. The zero-order valence-electron chi connectivity index (χ0n) is 16.7. The predicted octanol–water partition coefficient (Wildman–Crippen LogP) is 5.65. The molecule has 5 heteroatoms. The molecule has 0 bridgehead atoms. The topological polar surface area (TPSA) is 41.9 Å². The number of methoxy groups -OCH3 is 2. The molecule has 1 atom stereocenters. The fourth-order valence-corrected chi connectivity index (χ4v) is 4.97. The van der Waals surface area contributed by atoms with Gasteiger partial charge in [-0.25, -0.2) is 0 Å². The van der Waals surface area contributed by atoms with Crippen LogP contribution in [0.3, 0.4) is 0 Å². The lowest BCUT2D eigenvalue weighted by atomic mass is 10.1. The summed E-state index contributed by atoms with van der Waals surface area (Å²) in [6.07, 6.45) is 0.997. The lowest BCUT2D eigenvalue weighted by molar-refractivity contribution is 0.410. The fourth-order valence-electron chi connectivity index (χ4n) is 3.69. The average molecular weight is 408 g/mol. The van der Waals surface area contributed by atoms with Gasteiger partial charge in [-0.1, -0.05) is 24.3 Å². The minimum Gasteiger partial charge on any atom is -0.508 e. The van der Waals surface area contributed by atoms with Crippen molar-refractivity contribution in [1.82, 2.24) is 0 Å². The Morgan fingerprint density at radius 3 is 2.59 bits per heavy atom. The van der Waals surface area contributed by atoms with Gasteiger partial charge in [-0.05, 0) is 54.4 Å². The first-order valence-corrected chi connectivity index (χ1v) is 10.6. The van der Waals surface area contributed by atoms with Crippen LogP contribution < -0.4 is 14.4 Å². The number of rotatable bonds is 5. The monoisotopic (exact) mass is 407 g/mol. The maximum atomic E-state index is 10.4. The third-order valence-corrected chi connectivity index (χ3v) is 6.64. The molecular formula is C24H25NO3S. The zero-order chi connectivity index (χ0) is 20.2. The number of benzene rings is 3. The summed E-state index contributed by atoms with van der Waals surface area (Å²) >= 11 is 1.89. The molecule has 0 spiro atoms. The van der Waals surface area contributed by atoms with Crippen molar-refractivity contribution < 1.29 is 14.6 Å². The van der Waals surface area contributed by atoms with Crippen LogP contribution in [0.1, 0.15) is 22.8 Å². The first kappa shape index (κ1) is 19.5. The van der Waals surface area contributed by atoms with Crippen LogP contribution in [0.2, 0.25) is 0 Å². The summed E-state index contributed by atoms with van der Waals surface area (Å²) in [6.45, 7) is 1.52. The van der Waals surface area contributed by atoms with E-state index in [0.717, 1.165) is 30.0 Å². The van der Waals surface area contributed by atoms with Crippen LogP contribution in [-0.2, 0) is 6.54 Å². The third kappa shape index (κ3) is 4.30. The number of phenols is 1. The first-order valence-electron chi connectivity index (χ1n) is 9.68. The van der Waals surface area contributed by atoms with Crippen LogP contribution in [0.5, 0.6) is 17.2 Å². The Balaban J connectivity index is 1.64. The molecule has 1 aliphatic heterocycles. The molecule has 1 unspecified atom stereocenters. The van der Waals surface area contributed by atoms with Gasteiger partial charge in [0.2, 0.25) is 0 Å². The van der Waals surface area contributed by atoms with Crippen LogP contribution in [0.15, 0.2) is 71.6 Å². The fraction of sp³-hybridized carbons (Fsp3) is 0.250. The number of aromatic hydroxyl groups is 1. The summed E-state index contributed by atoms with van der Waals surface area (Å²) < 4.78 is 10.8. The van der Waals surface area contributed by atoms with Gasteiger partial charge in [0.25, 0.3) is 0 Å². The molecule has 0 amide bonds. The number of para-hydroxylation sites is 1. The van der Waals surface area contributed by atoms with Crippen LogP contribution in [0, 0.1) is 0 Å². The van der Waals surface area contributed by atoms with E-state index in [-0.39, 0.29) is 0 Å². The van der Waals surface area contributed by atoms with Gasteiger partial charge in [0.1, 0.15) is 17.2 Å². The second-order valence-corrected chi connectivity index (χ2v) is 8.30. The summed E-state index contributed by atoms with van der Waals surface area (Å²) in [5.74, 6) is 1.94. The Morgan fingerprint density at radius 2 is 1.76 bits per heavy atom. The largest absolute Gasteiger partial charge is 0.508 e. The van der Waals surface area contributed by atoms with Crippen molar-refractivity contribution in [2.45, 2.75) is 23.1 Å². The Labute approximate surface area is 176 Å². The molecule has 0 radical (unpaired) electrons. The van der Waals surface area contributed by atoms with Gasteiger partial charge < -0.3 is 19.5 Å². The second kappa shape index (κ2) is 8.70. The maximum absolute atomic E-state index is 10.4. The number of thioether (sulfide) groups is 1. The molecule has 150 valence electrons. The van der Waals surface area contributed by atoms with E-state index < -0.39 is 0 Å². The highest BCUT2D eigenvalue weighted by molar-refractivity contribution is 7.99. The molecule has 4 nitrogen and oxygen atoms in total. The standard InChI is InChI=1S/C24H25NO3S/c1-27-19-7-5-6-17(14-19)23-12-13-25(21-8-3-4-9-24(21)29-23)16-18-15-20(28-2)10-11-22(18)26/h3-11,14-15,23,26H,12-13,16H2,1-2H3. The number of nitrogens with zero attached hydrogens (tertiary/aromatic N) is 1. The van der Waals surface area contributed by atoms with E-state index in [9.17, 15) is 5.11 Å². The minimum absolute atomic E-state index is 0.296. The van der Waals surface area contributed by atoms with Gasteiger partial charge in [0.05, 0.1) is 19.9 Å². The quantitative estimate of drug-likeness (QED) is 0.592. The van der Waals surface area contributed by atoms with E-state index in [1.54, 1.807) is 26.4 Å². The van der Waals surface area contributed by atoms with Crippen molar-refractivity contribution in [2.75, 3.05) is 25.7 Å². The summed E-state index contributed by atoms with van der Waals surface area (Å²) in [5, 5.41) is 10.7. The zero-order valence-corrected chi connectivity index (χ0v) is 17.5. The molecule has 29 heavy (non-hydrogen) atoms. The average Bonchev–Trinajstić information content (AvgIpc) is 2.95. The lowest BCUT2D eigenvalue weighted by Crippen LogP contribution is -2.24. The van der Waals surface area contributed by atoms with Crippen molar-refractivity contribution in [1.29, 1.82) is 0 Å². The normalized spacial score (nSPS) is 16.1. The second-order valence-electron chi connectivity index (χ2n) is 7.06. The molecule has 0 fully saturated rings. The first-order chi connectivity index (χ1) is 14.2. The van der Waals surface area contributed by atoms with Gasteiger partial charge in [-0.3, -0.25) is 0 Å². The van der Waals surface area contributed by atoms with Crippen LogP contribution >= 0.6 is 11.8 Å². The van der Waals surface area contributed by atoms with Crippen molar-refractivity contribution in [3.63, 3.8) is 0 Å². The third-order valence-electron chi connectivity index (χ3n) is 5.25. The summed E-state index contributed by atoms with van der Waals surface area (Å²) in [4.78, 5) is 3.59. The molecule has 0 aliphatic carbocycles. The van der Waals surface area contributed by atoms with E-state index >= 15 is 0 Å². The number of hydrogen-bond acceptors (Lipinski definition) is 5. The van der Waals surface area contributed by atoms with Crippen molar-refractivity contribution in [3.05, 3.63) is 77.9 Å². The Morgan fingerprint density at radius 1 is 0.966 bits per heavy atom. The van der Waals surface area contributed by atoms with Crippen LogP contribution in [0.25, 0.3) is 0 Å². The highest BCUT2D eigenvalue weighted by atomic mass is 32.2. The van der Waals surface area contributed by atoms with Crippen molar-refractivity contribution in [2.24, 2.45) is 0 Å². The van der Waals surface area contributed by atoms with Crippen LogP contribution in [0.4, 0.5) is 5.69 Å². The molecule has 0 aromatic heterocycles. The summed E-state index contributed by atoms with van der Waals surface area (Å²) in [7, 11) is 3.35. The maximum Gasteiger partial charge on any atom is 0.120 e. The lowest BCUT2D eigenvalue weighted by Gasteiger charge is -2.25. The Hall–Kier alpha value is -2.79. The molecule has 4 rings (SSSR count). The van der Waals surface area contributed by atoms with Crippen LogP contribution in [-0.4, -0.2) is 25.9 Å². The smallest absolute Gasteiger partial charge is 0.120 e. The van der Waals surface area contributed by atoms with E-state index in [2.05, 4.69) is 47.4 Å². The molecule has 1 N–H and O–H groups in total. The Kier molecular flexibility index (Phi) is 5.86. The number of phenolic OH excluding ortho intramolecular Hbond substituents is 1. The van der Waals surface area contributed by atoms with E-state index in [0.29, 0.717) is 17.5 Å². The molecule has 0 saturated heterocycles. The Bertz CT molecular complexity index is 991. The molecule has 3 aromatic carbocycles. The number of ether oxygens (including phenoxy) is 2. The predicted molar refractivity (Wildman–Crippen MR) is 118 cm³/mol. The molecular weight excluding hydrogens is 382 g/mol. The van der Waals surface area contributed by atoms with E-state index in [1.165, 1.54) is 16.1 Å². The highest BCUT2D eigenvalue weighted by Crippen LogP contribution is 2.46. The molecule has 3 aromatic rings. The van der Waals surface area contributed by atoms with Gasteiger partial charge >= 0.3 is 0 Å². The summed E-state index contributed by atoms with van der Waals surface area (Å²) in [6, 6.07) is 22.2. The number of anilines is 1. The van der Waals surface area contributed by atoms with E-state index in [4.69, 9.17) is 9.47 Å². The molecule has 1 heterocycles. The summed E-state index contributed by atoms with van der Waals surface area (Å²) in [5.41, 5.74) is 3.34. The SMILES string of the molecule is COc1cccc(C2CCN(Cc3cc(OC)ccc3O)c3ccccc3S2)c1. The number of hydrogen-bond donors (Lipinski definition) is 1. The molecule has 0 saturated carbocycles. The number of fused-ring (bicyclic) bond motifs is 1. The van der Waals surface area contributed by atoms with Gasteiger partial charge in [-0.2, -0.15) is 0 Å². The van der Waals surface area contributed by atoms with Gasteiger partial charge in [0, 0.05) is 28.8 Å². The van der Waals surface area contributed by atoms with Gasteiger partial charge in [-0.15, -0.1) is 11.8 Å². The molecule has 1 aliphatic rings. The van der Waals surface area contributed by atoms with Crippen molar-refractivity contribution >= 4 is 17.4 Å². The van der Waals surface area contributed by atoms with Crippen molar-refractivity contribution in [3.8, 4) is 17.2 Å². The highest BCUT2D eigenvalue weighted by Gasteiger charge is 2.24. The van der Waals surface area contributed by atoms with E-state index in [1.807, 2.05) is 23.9 Å². The van der Waals surface area contributed by atoms with Gasteiger partial charge in [0.15, 0.2) is 0 Å².